The Balaban J connectivity index is 2.10. The van der Waals surface area contributed by atoms with Crippen LogP contribution in [0.2, 0.25) is 0 Å². The van der Waals surface area contributed by atoms with Gasteiger partial charge >= 0.3 is 0 Å². The normalized spacial score (nSPS) is 23.0. The van der Waals surface area contributed by atoms with Crippen molar-refractivity contribution in [1.29, 1.82) is 0 Å². The minimum absolute atomic E-state index is 0.152. The minimum atomic E-state index is -0.439. The third kappa shape index (κ3) is 2.82. The van der Waals surface area contributed by atoms with Crippen LogP contribution in [0.15, 0.2) is 22.7 Å². The van der Waals surface area contributed by atoms with Gasteiger partial charge in [-0.05, 0) is 34.1 Å². The molecule has 0 bridgehead atoms. The molecule has 0 spiro atoms. The highest BCUT2D eigenvalue weighted by Gasteiger charge is 2.26. The second-order valence-electron chi connectivity index (χ2n) is 4.24. The highest BCUT2D eigenvalue weighted by atomic mass is 79.9. The van der Waals surface area contributed by atoms with Crippen molar-refractivity contribution in [2.75, 3.05) is 25.5 Å². The Morgan fingerprint density at radius 3 is 2.94 bits per heavy atom. The zero-order chi connectivity index (χ0) is 13.1. The Hall–Kier alpha value is -1.11. The first-order valence-corrected chi connectivity index (χ1v) is 6.50. The second-order valence-corrected chi connectivity index (χ2v) is 5.10. The number of nitrogens with two attached hydrogens (primary N) is 1. The van der Waals surface area contributed by atoms with E-state index >= 15 is 0 Å². The topological polar surface area (TPSA) is 76.4 Å². The number of halogens is 1. The van der Waals surface area contributed by atoms with E-state index < -0.39 is 5.91 Å². The first-order valence-electron chi connectivity index (χ1n) is 5.71. The molecule has 0 saturated carbocycles. The number of carbonyl (C=O) groups excluding carboxylic acids is 1. The first kappa shape index (κ1) is 13.3. The number of nitrogens with one attached hydrogen (secondary N) is 2. The highest BCUT2D eigenvalue weighted by Crippen LogP contribution is 2.22. The van der Waals surface area contributed by atoms with Gasteiger partial charge in [-0.25, -0.2) is 0 Å². The molecule has 0 radical (unpaired) electrons. The molecule has 2 rings (SSSR count). The van der Waals surface area contributed by atoms with Crippen molar-refractivity contribution in [3.05, 3.63) is 28.2 Å². The Labute approximate surface area is 114 Å². The second kappa shape index (κ2) is 5.69. The lowest BCUT2D eigenvalue weighted by atomic mass is 10.1. The number of hydrogen-bond acceptors (Lipinski definition) is 4. The summed E-state index contributed by atoms with van der Waals surface area (Å²) >= 11 is 3.34. The van der Waals surface area contributed by atoms with Crippen molar-refractivity contribution in [1.82, 2.24) is 5.32 Å². The summed E-state index contributed by atoms with van der Waals surface area (Å²) in [5, 5.41) is 6.64. The van der Waals surface area contributed by atoms with Crippen LogP contribution in [0.3, 0.4) is 0 Å². The third-order valence-corrected chi connectivity index (χ3v) is 3.70. The van der Waals surface area contributed by atoms with E-state index in [4.69, 9.17) is 10.5 Å². The largest absolute Gasteiger partial charge is 0.378 e. The smallest absolute Gasteiger partial charge is 0.249 e. The Kier molecular flexibility index (Phi) is 4.21. The summed E-state index contributed by atoms with van der Waals surface area (Å²) in [5.74, 6) is -0.439. The number of hydrogen-bond donors (Lipinski definition) is 3. The standard InChI is InChI=1S/C12H16BrN3O2/c1-18-11-6-15-5-10(11)16-7-2-3-8(12(14)17)9(13)4-7/h2-4,10-11,15-16H,5-6H2,1H3,(H2,14,17)/t10?,11-/m0/s1. The van der Waals surface area contributed by atoms with Gasteiger partial charge in [0.1, 0.15) is 0 Å². The zero-order valence-corrected chi connectivity index (χ0v) is 11.7. The quantitative estimate of drug-likeness (QED) is 0.773. The van der Waals surface area contributed by atoms with E-state index in [1.807, 2.05) is 12.1 Å². The van der Waals surface area contributed by atoms with E-state index in [9.17, 15) is 4.79 Å². The van der Waals surface area contributed by atoms with Crippen LogP contribution in [-0.4, -0.2) is 38.3 Å². The number of anilines is 1. The molecule has 4 N–H and O–H groups in total. The number of rotatable bonds is 4. The van der Waals surface area contributed by atoms with Crippen molar-refractivity contribution in [2.45, 2.75) is 12.1 Å². The number of methoxy groups -OCH3 is 1. The molecule has 1 aliphatic rings. The molecule has 1 saturated heterocycles. The van der Waals surface area contributed by atoms with Gasteiger partial charge in [0.15, 0.2) is 0 Å². The lowest BCUT2D eigenvalue weighted by Gasteiger charge is -2.20. The molecule has 1 unspecified atom stereocenters. The molecule has 1 aliphatic heterocycles. The first-order chi connectivity index (χ1) is 8.61. The molecule has 1 aromatic rings. The van der Waals surface area contributed by atoms with Crippen LogP contribution in [0.25, 0.3) is 0 Å². The summed E-state index contributed by atoms with van der Waals surface area (Å²) in [7, 11) is 1.71. The summed E-state index contributed by atoms with van der Waals surface area (Å²) in [6.07, 6.45) is 0.152. The number of carbonyl (C=O) groups is 1. The molecule has 0 aliphatic carbocycles. The Bertz CT molecular complexity index is 453. The Morgan fingerprint density at radius 2 is 2.33 bits per heavy atom. The van der Waals surface area contributed by atoms with Gasteiger partial charge in [-0.15, -0.1) is 0 Å². The van der Waals surface area contributed by atoms with Crippen LogP contribution in [-0.2, 0) is 4.74 Å². The number of primary amides is 1. The average Bonchev–Trinajstić information content (AvgIpc) is 2.76. The molecular weight excluding hydrogens is 298 g/mol. The van der Waals surface area contributed by atoms with Crippen LogP contribution in [0.4, 0.5) is 5.69 Å². The van der Waals surface area contributed by atoms with Crippen molar-refractivity contribution < 1.29 is 9.53 Å². The van der Waals surface area contributed by atoms with Gasteiger partial charge in [-0.1, -0.05) is 0 Å². The molecule has 1 heterocycles. The van der Waals surface area contributed by atoms with Crippen molar-refractivity contribution in [2.24, 2.45) is 5.73 Å². The molecule has 1 amide bonds. The molecule has 6 heteroatoms. The van der Waals surface area contributed by atoms with Gasteiger partial charge in [0, 0.05) is 30.4 Å². The van der Waals surface area contributed by atoms with E-state index in [1.54, 1.807) is 13.2 Å². The maximum absolute atomic E-state index is 11.1. The molecular formula is C12H16BrN3O2. The lowest BCUT2D eigenvalue weighted by molar-refractivity contribution is 0.0999. The van der Waals surface area contributed by atoms with Gasteiger partial charge in [0.2, 0.25) is 5.91 Å². The van der Waals surface area contributed by atoms with Crippen LogP contribution < -0.4 is 16.4 Å². The maximum atomic E-state index is 11.1. The predicted octanol–water partition coefficient (Wildman–Crippen LogP) is 0.947. The van der Waals surface area contributed by atoms with Gasteiger partial charge in [-0.2, -0.15) is 0 Å². The number of benzene rings is 1. The van der Waals surface area contributed by atoms with E-state index in [2.05, 4.69) is 26.6 Å². The molecule has 1 aromatic carbocycles. The fourth-order valence-electron chi connectivity index (χ4n) is 2.07. The summed E-state index contributed by atoms with van der Waals surface area (Å²) in [6, 6.07) is 5.63. The van der Waals surface area contributed by atoms with E-state index in [0.717, 1.165) is 18.8 Å². The highest BCUT2D eigenvalue weighted by molar-refractivity contribution is 9.10. The minimum Gasteiger partial charge on any atom is -0.378 e. The van der Waals surface area contributed by atoms with Gasteiger partial charge in [-0.3, -0.25) is 4.79 Å². The SMILES string of the molecule is CO[C@H]1CNCC1Nc1ccc(C(N)=O)c(Br)c1. The van der Waals surface area contributed by atoms with Crippen molar-refractivity contribution in [3.8, 4) is 0 Å². The zero-order valence-electron chi connectivity index (χ0n) is 10.1. The maximum Gasteiger partial charge on any atom is 0.249 e. The van der Waals surface area contributed by atoms with Crippen molar-refractivity contribution >= 4 is 27.5 Å². The van der Waals surface area contributed by atoms with Crippen molar-refractivity contribution in [3.63, 3.8) is 0 Å². The molecule has 0 aromatic heterocycles. The van der Waals surface area contributed by atoms with Crippen LogP contribution >= 0.6 is 15.9 Å². The fraction of sp³-hybridized carbons (Fsp3) is 0.417. The third-order valence-electron chi connectivity index (χ3n) is 3.05. The summed E-state index contributed by atoms with van der Waals surface area (Å²) in [6.45, 7) is 1.70. The lowest BCUT2D eigenvalue weighted by Crippen LogP contribution is -2.33. The van der Waals surface area contributed by atoms with Gasteiger partial charge < -0.3 is 21.1 Å². The summed E-state index contributed by atoms with van der Waals surface area (Å²) in [4.78, 5) is 11.1. The number of ether oxygens (including phenoxy) is 1. The van der Waals surface area contributed by atoms with E-state index in [1.165, 1.54) is 0 Å². The van der Waals surface area contributed by atoms with Gasteiger partial charge in [0.05, 0.1) is 17.7 Å². The fourth-order valence-corrected chi connectivity index (χ4v) is 2.64. The molecule has 2 atom stereocenters. The van der Waals surface area contributed by atoms with E-state index in [-0.39, 0.29) is 12.1 Å². The monoisotopic (exact) mass is 313 g/mol. The molecule has 5 nitrogen and oxygen atoms in total. The molecule has 18 heavy (non-hydrogen) atoms. The van der Waals surface area contributed by atoms with Crippen LogP contribution in [0, 0.1) is 0 Å². The van der Waals surface area contributed by atoms with Crippen LogP contribution in [0.5, 0.6) is 0 Å². The number of amides is 1. The average molecular weight is 314 g/mol. The van der Waals surface area contributed by atoms with E-state index in [0.29, 0.717) is 10.0 Å². The molecule has 98 valence electrons. The predicted molar refractivity (Wildman–Crippen MR) is 73.7 cm³/mol. The van der Waals surface area contributed by atoms with Gasteiger partial charge in [0.25, 0.3) is 0 Å². The summed E-state index contributed by atoms with van der Waals surface area (Å²) < 4.78 is 6.07. The Morgan fingerprint density at radius 1 is 1.56 bits per heavy atom. The van der Waals surface area contributed by atoms with Crippen LogP contribution in [0.1, 0.15) is 10.4 Å². The summed E-state index contributed by atoms with van der Waals surface area (Å²) in [5.41, 5.74) is 6.67. The molecule has 1 fully saturated rings.